The van der Waals surface area contributed by atoms with E-state index < -0.39 is 10.0 Å². The average molecular weight is 378 g/mol. The van der Waals surface area contributed by atoms with Crippen molar-refractivity contribution in [1.82, 2.24) is 19.4 Å². The predicted octanol–water partition coefficient (Wildman–Crippen LogP) is 1.89. The van der Waals surface area contributed by atoms with E-state index >= 15 is 0 Å². The van der Waals surface area contributed by atoms with Crippen molar-refractivity contribution < 1.29 is 13.2 Å². The Labute approximate surface area is 155 Å². The Morgan fingerprint density at radius 2 is 2.23 bits per heavy atom. The van der Waals surface area contributed by atoms with Gasteiger partial charge < -0.3 is 9.64 Å². The molecule has 142 valence electrons. The molecule has 1 unspecified atom stereocenters. The third-order valence-corrected chi connectivity index (χ3v) is 6.26. The number of nitrogens with zero attached hydrogens (tertiary/aromatic N) is 3. The van der Waals surface area contributed by atoms with E-state index in [2.05, 4.69) is 21.6 Å². The lowest BCUT2D eigenvalue weighted by Gasteiger charge is -2.31. The van der Waals surface area contributed by atoms with Gasteiger partial charge in [-0.25, -0.2) is 17.8 Å². The fourth-order valence-electron chi connectivity index (χ4n) is 3.35. The van der Waals surface area contributed by atoms with Crippen molar-refractivity contribution in [1.29, 1.82) is 0 Å². The molecule has 2 heterocycles. The van der Waals surface area contributed by atoms with Crippen LogP contribution in [0.5, 0.6) is 5.75 Å². The van der Waals surface area contributed by atoms with Crippen molar-refractivity contribution in [3.8, 4) is 11.4 Å². The summed E-state index contributed by atoms with van der Waals surface area (Å²) in [5.41, 5.74) is 0.672. The van der Waals surface area contributed by atoms with Gasteiger partial charge in [0.05, 0.1) is 12.8 Å². The van der Waals surface area contributed by atoms with E-state index in [9.17, 15) is 8.42 Å². The van der Waals surface area contributed by atoms with Crippen molar-refractivity contribution in [2.24, 2.45) is 5.92 Å². The first-order chi connectivity index (χ1) is 12.5. The first kappa shape index (κ1) is 18.9. The van der Waals surface area contributed by atoms with Crippen LogP contribution in [0.15, 0.2) is 41.6 Å². The number of hydrogen-bond donors (Lipinski definition) is 1. The van der Waals surface area contributed by atoms with Crippen LogP contribution in [0.3, 0.4) is 0 Å². The molecule has 1 aromatic heterocycles. The summed E-state index contributed by atoms with van der Waals surface area (Å²) in [5.74, 6) is 0.658. The molecule has 0 saturated carbocycles. The molecule has 1 N–H and O–H groups in total. The van der Waals surface area contributed by atoms with Gasteiger partial charge in [-0.1, -0.05) is 6.92 Å². The zero-order chi connectivity index (χ0) is 18.6. The number of likely N-dealkylation sites (tertiary alicyclic amines) is 1. The molecule has 1 aliphatic rings. The molecule has 0 amide bonds. The molecule has 1 fully saturated rings. The molecule has 0 radical (unpaired) electrons. The van der Waals surface area contributed by atoms with Gasteiger partial charge in [0.15, 0.2) is 0 Å². The van der Waals surface area contributed by atoms with Crippen LogP contribution in [0.1, 0.15) is 19.8 Å². The molecule has 3 rings (SSSR count). The van der Waals surface area contributed by atoms with Crippen molar-refractivity contribution in [3.63, 3.8) is 0 Å². The number of nitrogens with one attached hydrogen (secondary N) is 1. The minimum absolute atomic E-state index is 0.135. The standard InChI is InChI=1S/C18H26N4O3S/c1-3-21-10-4-6-15(14-21)13-20-26(23,24)18-12-16(7-8-17(18)25-2)22-11-5-9-19-22/h5,7-9,11-12,15,20H,3-4,6,10,13-14H2,1-2H3. The van der Waals surface area contributed by atoms with Gasteiger partial charge in [-0.05, 0) is 56.1 Å². The van der Waals surface area contributed by atoms with Crippen molar-refractivity contribution in [2.45, 2.75) is 24.7 Å². The van der Waals surface area contributed by atoms with Crippen LogP contribution in [0, 0.1) is 5.92 Å². The smallest absolute Gasteiger partial charge is 0.244 e. The number of ether oxygens (including phenoxy) is 1. The van der Waals surface area contributed by atoms with Crippen LogP contribution >= 0.6 is 0 Å². The molecular formula is C18H26N4O3S. The fraction of sp³-hybridized carbons (Fsp3) is 0.500. The van der Waals surface area contributed by atoms with Gasteiger partial charge in [-0.2, -0.15) is 5.10 Å². The Morgan fingerprint density at radius 1 is 1.38 bits per heavy atom. The van der Waals surface area contributed by atoms with Gasteiger partial charge >= 0.3 is 0 Å². The molecule has 7 nitrogen and oxygen atoms in total. The number of methoxy groups -OCH3 is 1. The van der Waals surface area contributed by atoms with E-state index in [0.717, 1.165) is 32.5 Å². The molecule has 26 heavy (non-hydrogen) atoms. The van der Waals surface area contributed by atoms with Crippen molar-refractivity contribution in [2.75, 3.05) is 33.3 Å². The SMILES string of the molecule is CCN1CCCC(CNS(=O)(=O)c2cc(-n3cccn3)ccc2OC)C1. The minimum atomic E-state index is -3.67. The first-order valence-corrected chi connectivity index (χ1v) is 10.4. The summed E-state index contributed by atoms with van der Waals surface area (Å²) in [4.78, 5) is 2.50. The Kier molecular flexibility index (Phi) is 5.95. The number of rotatable bonds is 7. The van der Waals surface area contributed by atoms with Crippen LogP contribution in [0.25, 0.3) is 5.69 Å². The molecule has 1 saturated heterocycles. The number of sulfonamides is 1. The van der Waals surface area contributed by atoms with Gasteiger partial charge in [0.1, 0.15) is 10.6 Å². The topological polar surface area (TPSA) is 76.5 Å². The third kappa shape index (κ3) is 4.25. The van der Waals surface area contributed by atoms with Gasteiger partial charge in [-0.15, -0.1) is 0 Å². The minimum Gasteiger partial charge on any atom is -0.495 e. The van der Waals surface area contributed by atoms with Gasteiger partial charge in [0, 0.05) is 25.5 Å². The lowest BCUT2D eigenvalue weighted by atomic mass is 9.98. The second-order valence-corrected chi connectivity index (χ2v) is 8.27. The molecule has 1 aromatic carbocycles. The maximum Gasteiger partial charge on any atom is 0.244 e. The average Bonchev–Trinajstić information content (AvgIpc) is 3.21. The number of aromatic nitrogens is 2. The molecule has 1 aliphatic heterocycles. The Bertz CT molecular complexity index is 821. The van der Waals surface area contributed by atoms with E-state index in [1.165, 1.54) is 7.11 Å². The fourth-order valence-corrected chi connectivity index (χ4v) is 4.65. The third-order valence-electron chi connectivity index (χ3n) is 4.82. The summed E-state index contributed by atoms with van der Waals surface area (Å²) in [5, 5.41) is 4.16. The summed E-state index contributed by atoms with van der Waals surface area (Å²) < 4.78 is 35.5. The molecule has 0 aliphatic carbocycles. The lowest BCUT2D eigenvalue weighted by Crippen LogP contribution is -2.40. The molecule has 0 spiro atoms. The maximum absolute atomic E-state index is 12.9. The van der Waals surface area contributed by atoms with E-state index in [4.69, 9.17) is 4.74 Å². The number of benzene rings is 1. The number of piperidine rings is 1. The van der Waals surface area contributed by atoms with E-state index in [0.29, 0.717) is 23.9 Å². The molecular weight excluding hydrogens is 352 g/mol. The summed E-state index contributed by atoms with van der Waals surface area (Å²) in [7, 11) is -2.20. The normalized spacial score (nSPS) is 18.8. The van der Waals surface area contributed by atoms with Gasteiger partial charge in [-0.3, -0.25) is 0 Å². The monoisotopic (exact) mass is 378 g/mol. The van der Waals surface area contributed by atoms with Gasteiger partial charge in [0.2, 0.25) is 10.0 Å². The van der Waals surface area contributed by atoms with Crippen molar-refractivity contribution in [3.05, 3.63) is 36.7 Å². The Hall–Kier alpha value is -1.90. The summed E-state index contributed by atoms with van der Waals surface area (Å²) in [6.45, 7) is 5.61. The summed E-state index contributed by atoms with van der Waals surface area (Å²) in [6.07, 6.45) is 5.58. The molecule has 2 aromatic rings. The van der Waals surface area contributed by atoms with E-state index in [-0.39, 0.29) is 4.90 Å². The Morgan fingerprint density at radius 3 is 2.92 bits per heavy atom. The van der Waals surface area contributed by atoms with Crippen molar-refractivity contribution >= 4 is 10.0 Å². The van der Waals surface area contributed by atoms with E-state index in [1.807, 2.05) is 0 Å². The zero-order valence-electron chi connectivity index (χ0n) is 15.3. The highest BCUT2D eigenvalue weighted by atomic mass is 32.2. The largest absolute Gasteiger partial charge is 0.495 e. The lowest BCUT2D eigenvalue weighted by molar-refractivity contribution is 0.184. The zero-order valence-corrected chi connectivity index (χ0v) is 16.1. The second-order valence-electron chi connectivity index (χ2n) is 6.54. The maximum atomic E-state index is 12.9. The van der Waals surface area contributed by atoms with E-state index in [1.54, 1.807) is 41.3 Å². The van der Waals surface area contributed by atoms with Crippen LogP contribution in [-0.4, -0.2) is 56.4 Å². The predicted molar refractivity (Wildman–Crippen MR) is 100 cm³/mol. The summed E-state index contributed by atoms with van der Waals surface area (Å²) >= 11 is 0. The van der Waals surface area contributed by atoms with Gasteiger partial charge in [0.25, 0.3) is 0 Å². The van der Waals surface area contributed by atoms with Crippen LogP contribution in [-0.2, 0) is 10.0 Å². The molecule has 0 bridgehead atoms. The first-order valence-electron chi connectivity index (χ1n) is 8.93. The number of hydrogen-bond acceptors (Lipinski definition) is 5. The highest BCUT2D eigenvalue weighted by Crippen LogP contribution is 2.26. The molecule has 8 heteroatoms. The summed E-state index contributed by atoms with van der Waals surface area (Å²) in [6, 6.07) is 6.82. The van der Waals surface area contributed by atoms with Crippen LogP contribution < -0.4 is 9.46 Å². The highest BCUT2D eigenvalue weighted by Gasteiger charge is 2.24. The molecule has 1 atom stereocenters. The van der Waals surface area contributed by atoms with Crippen LogP contribution in [0.4, 0.5) is 0 Å². The second kappa shape index (κ2) is 8.20. The Balaban J connectivity index is 1.78. The highest BCUT2D eigenvalue weighted by molar-refractivity contribution is 7.89. The quantitative estimate of drug-likeness (QED) is 0.796. The van der Waals surface area contributed by atoms with Crippen LogP contribution in [0.2, 0.25) is 0 Å².